The predicted octanol–water partition coefficient (Wildman–Crippen LogP) is 3.16. The second-order valence-corrected chi connectivity index (χ2v) is 7.16. The van der Waals surface area contributed by atoms with E-state index < -0.39 is 10.0 Å². The summed E-state index contributed by atoms with van der Waals surface area (Å²) < 4.78 is 27.6. The maximum Gasteiger partial charge on any atom is 0.242 e. The Balaban J connectivity index is 2.22. The molecular formula is C13H12BrClN2O2S. The average Bonchev–Trinajstić information content (AvgIpc) is 2.37. The van der Waals surface area contributed by atoms with Gasteiger partial charge in [0, 0.05) is 16.7 Å². The first-order chi connectivity index (χ1) is 9.40. The number of rotatable bonds is 4. The van der Waals surface area contributed by atoms with Crippen LogP contribution in [-0.2, 0) is 16.6 Å². The first kappa shape index (κ1) is 15.3. The summed E-state index contributed by atoms with van der Waals surface area (Å²) in [7, 11) is -3.68. The molecule has 4 nitrogen and oxygen atoms in total. The molecule has 2 rings (SSSR count). The normalized spacial score (nSPS) is 11.5. The lowest BCUT2D eigenvalue weighted by Crippen LogP contribution is -2.24. The van der Waals surface area contributed by atoms with Crippen molar-refractivity contribution in [1.29, 1.82) is 0 Å². The number of anilines is 1. The Hall–Kier alpha value is -1.08. The summed E-state index contributed by atoms with van der Waals surface area (Å²) in [6.45, 7) is 0.112. The second kappa shape index (κ2) is 6.13. The minimum atomic E-state index is -3.68. The fourth-order valence-electron chi connectivity index (χ4n) is 1.64. The van der Waals surface area contributed by atoms with Crippen molar-refractivity contribution in [3.8, 4) is 0 Å². The summed E-state index contributed by atoms with van der Waals surface area (Å²) in [4.78, 5) is 0.0388. The number of benzene rings is 2. The highest BCUT2D eigenvalue weighted by Crippen LogP contribution is 2.25. The third-order valence-corrected chi connectivity index (χ3v) is 5.07. The molecule has 0 fully saturated rings. The van der Waals surface area contributed by atoms with Gasteiger partial charge in [0.2, 0.25) is 10.0 Å². The van der Waals surface area contributed by atoms with Gasteiger partial charge >= 0.3 is 0 Å². The van der Waals surface area contributed by atoms with Gasteiger partial charge in [-0.3, -0.25) is 0 Å². The van der Waals surface area contributed by atoms with E-state index in [1.54, 1.807) is 30.3 Å². The van der Waals surface area contributed by atoms with Gasteiger partial charge in [-0.05, 0) is 29.8 Å². The van der Waals surface area contributed by atoms with E-state index in [9.17, 15) is 8.42 Å². The van der Waals surface area contributed by atoms with E-state index in [-0.39, 0.29) is 16.5 Å². The predicted molar refractivity (Wildman–Crippen MR) is 84.0 cm³/mol. The molecule has 106 valence electrons. The van der Waals surface area contributed by atoms with Crippen LogP contribution in [0.5, 0.6) is 0 Å². The fourth-order valence-corrected chi connectivity index (χ4v) is 3.68. The van der Waals surface area contributed by atoms with Crippen LogP contribution < -0.4 is 10.5 Å². The SMILES string of the molecule is Nc1ccccc1CNS(=O)(=O)c1ccc(Br)cc1Cl. The lowest BCUT2D eigenvalue weighted by molar-refractivity contribution is 0.581. The topological polar surface area (TPSA) is 72.2 Å². The van der Waals surface area contributed by atoms with Crippen molar-refractivity contribution in [3.05, 3.63) is 57.5 Å². The minimum absolute atomic E-state index is 0.0388. The van der Waals surface area contributed by atoms with E-state index in [1.807, 2.05) is 0 Å². The second-order valence-electron chi connectivity index (χ2n) is 4.10. The standard InChI is InChI=1S/C13H12BrClN2O2S/c14-10-5-6-13(11(15)7-10)20(18,19)17-8-9-3-1-2-4-12(9)16/h1-7,17H,8,16H2. The Morgan fingerprint density at radius 1 is 1.20 bits per heavy atom. The van der Waals surface area contributed by atoms with Crippen LogP contribution in [0.1, 0.15) is 5.56 Å². The smallest absolute Gasteiger partial charge is 0.242 e. The van der Waals surface area contributed by atoms with E-state index in [1.165, 1.54) is 12.1 Å². The largest absolute Gasteiger partial charge is 0.398 e. The zero-order chi connectivity index (χ0) is 14.8. The van der Waals surface area contributed by atoms with Gasteiger partial charge in [-0.15, -0.1) is 0 Å². The Labute approximate surface area is 131 Å². The van der Waals surface area contributed by atoms with Gasteiger partial charge in [-0.25, -0.2) is 13.1 Å². The molecule has 0 aliphatic rings. The van der Waals surface area contributed by atoms with Gasteiger partial charge in [-0.2, -0.15) is 0 Å². The molecule has 0 saturated heterocycles. The maximum absolute atomic E-state index is 12.2. The average molecular weight is 376 g/mol. The van der Waals surface area contributed by atoms with Crippen molar-refractivity contribution in [2.24, 2.45) is 0 Å². The van der Waals surface area contributed by atoms with Gasteiger partial charge in [-0.1, -0.05) is 45.7 Å². The Bertz CT molecular complexity index is 735. The maximum atomic E-state index is 12.2. The van der Waals surface area contributed by atoms with Crippen molar-refractivity contribution >= 4 is 43.2 Å². The van der Waals surface area contributed by atoms with Crippen LogP contribution in [0.2, 0.25) is 5.02 Å². The van der Waals surface area contributed by atoms with E-state index in [0.29, 0.717) is 15.7 Å². The van der Waals surface area contributed by atoms with E-state index in [0.717, 1.165) is 0 Å². The van der Waals surface area contributed by atoms with Crippen LogP contribution in [0.3, 0.4) is 0 Å². The van der Waals surface area contributed by atoms with Gasteiger partial charge in [0.25, 0.3) is 0 Å². The first-order valence-corrected chi connectivity index (χ1v) is 8.33. The van der Waals surface area contributed by atoms with Crippen LogP contribution in [0.15, 0.2) is 51.8 Å². The number of nitrogen functional groups attached to an aromatic ring is 1. The third kappa shape index (κ3) is 3.52. The zero-order valence-electron chi connectivity index (χ0n) is 10.3. The highest BCUT2D eigenvalue weighted by Gasteiger charge is 2.18. The quantitative estimate of drug-likeness (QED) is 0.806. The molecule has 0 spiro atoms. The molecule has 0 aliphatic carbocycles. The number of nitrogens with two attached hydrogens (primary N) is 1. The summed E-state index contributed by atoms with van der Waals surface area (Å²) in [5, 5.41) is 0.160. The highest BCUT2D eigenvalue weighted by molar-refractivity contribution is 9.10. The van der Waals surface area contributed by atoms with Gasteiger partial charge in [0.15, 0.2) is 0 Å². The highest BCUT2D eigenvalue weighted by atomic mass is 79.9. The number of nitrogens with one attached hydrogen (secondary N) is 1. The summed E-state index contributed by atoms with van der Waals surface area (Å²) in [5.74, 6) is 0. The number of hydrogen-bond donors (Lipinski definition) is 2. The van der Waals surface area contributed by atoms with Crippen molar-refractivity contribution in [3.63, 3.8) is 0 Å². The van der Waals surface area contributed by atoms with Crippen LogP contribution in [0.25, 0.3) is 0 Å². The number of para-hydroxylation sites is 1. The van der Waals surface area contributed by atoms with E-state index >= 15 is 0 Å². The molecule has 2 aromatic carbocycles. The third-order valence-electron chi connectivity index (χ3n) is 2.69. The summed E-state index contributed by atoms with van der Waals surface area (Å²) in [6, 6.07) is 11.7. The lowest BCUT2D eigenvalue weighted by Gasteiger charge is -2.10. The summed E-state index contributed by atoms with van der Waals surface area (Å²) in [6.07, 6.45) is 0. The van der Waals surface area contributed by atoms with Gasteiger partial charge < -0.3 is 5.73 Å². The molecule has 20 heavy (non-hydrogen) atoms. The lowest BCUT2D eigenvalue weighted by atomic mass is 10.2. The van der Waals surface area contributed by atoms with E-state index in [4.69, 9.17) is 17.3 Å². The molecule has 0 unspecified atom stereocenters. The molecule has 0 heterocycles. The molecular weight excluding hydrogens is 364 g/mol. The Morgan fingerprint density at radius 2 is 1.90 bits per heavy atom. The van der Waals surface area contributed by atoms with Gasteiger partial charge in [0.05, 0.1) is 5.02 Å². The Kier molecular flexibility index (Phi) is 4.70. The monoisotopic (exact) mass is 374 g/mol. The number of halogens is 2. The molecule has 2 aromatic rings. The molecule has 3 N–H and O–H groups in total. The van der Waals surface area contributed by atoms with Crippen molar-refractivity contribution < 1.29 is 8.42 Å². The molecule has 0 amide bonds. The van der Waals surface area contributed by atoms with Gasteiger partial charge in [0.1, 0.15) is 4.90 Å². The van der Waals surface area contributed by atoms with Crippen LogP contribution in [0.4, 0.5) is 5.69 Å². The van der Waals surface area contributed by atoms with Crippen molar-refractivity contribution in [1.82, 2.24) is 4.72 Å². The molecule has 0 saturated carbocycles. The van der Waals surface area contributed by atoms with Crippen LogP contribution in [0, 0.1) is 0 Å². The van der Waals surface area contributed by atoms with Crippen molar-refractivity contribution in [2.75, 3.05) is 5.73 Å². The fraction of sp³-hybridized carbons (Fsp3) is 0.0769. The number of sulfonamides is 1. The summed E-state index contributed by atoms with van der Waals surface area (Å²) in [5.41, 5.74) is 7.02. The molecule has 0 aromatic heterocycles. The van der Waals surface area contributed by atoms with Crippen LogP contribution in [-0.4, -0.2) is 8.42 Å². The molecule has 7 heteroatoms. The summed E-state index contributed by atoms with van der Waals surface area (Å²) >= 11 is 9.19. The minimum Gasteiger partial charge on any atom is -0.398 e. The molecule has 0 aliphatic heterocycles. The first-order valence-electron chi connectivity index (χ1n) is 5.68. The van der Waals surface area contributed by atoms with Crippen LogP contribution >= 0.6 is 27.5 Å². The molecule has 0 atom stereocenters. The Morgan fingerprint density at radius 3 is 2.55 bits per heavy atom. The van der Waals surface area contributed by atoms with Crippen molar-refractivity contribution in [2.45, 2.75) is 11.4 Å². The zero-order valence-corrected chi connectivity index (χ0v) is 13.5. The molecule has 0 bridgehead atoms. The molecule has 0 radical (unpaired) electrons. The number of hydrogen-bond acceptors (Lipinski definition) is 3. The van der Waals surface area contributed by atoms with E-state index in [2.05, 4.69) is 20.7 Å².